The molecule has 20 heavy (non-hydrogen) atoms. The van der Waals surface area contributed by atoms with E-state index in [1.165, 1.54) is 4.90 Å². The molecule has 0 spiro atoms. The summed E-state index contributed by atoms with van der Waals surface area (Å²) in [6.07, 6.45) is 0.376. The third-order valence-corrected chi connectivity index (χ3v) is 3.36. The van der Waals surface area contributed by atoms with Crippen LogP contribution in [0, 0.1) is 6.92 Å². The zero-order chi connectivity index (χ0) is 15.3. The van der Waals surface area contributed by atoms with Crippen LogP contribution in [0.4, 0.5) is 5.69 Å². The van der Waals surface area contributed by atoms with Crippen LogP contribution in [-0.2, 0) is 9.59 Å². The predicted octanol–water partition coefficient (Wildman–Crippen LogP) is 1.93. The Morgan fingerprint density at radius 1 is 1.30 bits per heavy atom. The number of carboxylic acid groups (broad SMARTS) is 1. The Bertz CT molecular complexity index is 480. The molecule has 0 bridgehead atoms. The Balaban J connectivity index is 3.04. The average molecular weight is 278 g/mol. The second kappa shape index (κ2) is 6.52. The first-order chi connectivity index (χ1) is 9.27. The molecule has 0 radical (unpaired) electrons. The Morgan fingerprint density at radius 3 is 2.30 bits per heavy atom. The maximum Gasteiger partial charge on any atom is 0.305 e. The summed E-state index contributed by atoms with van der Waals surface area (Å²) in [6, 6.07) is 7.38. The van der Waals surface area contributed by atoms with E-state index in [0.29, 0.717) is 12.1 Å². The first-order valence-corrected chi connectivity index (χ1v) is 6.67. The summed E-state index contributed by atoms with van der Waals surface area (Å²) in [6.45, 7) is 5.57. The lowest BCUT2D eigenvalue weighted by Gasteiger charge is -2.31. The molecule has 5 heteroatoms. The number of amides is 1. The third-order valence-electron chi connectivity index (χ3n) is 3.36. The minimum absolute atomic E-state index is 0.112. The molecule has 1 unspecified atom stereocenters. The van der Waals surface area contributed by atoms with Crippen molar-refractivity contribution in [3.8, 4) is 0 Å². The molecule has 1 aromatic carbocycles. The molecule has 0 aliphatic heterocycles. The molecular formula is C15H22N2O3. The maximum absolute atomic E-state index is 12.5. The van der Waals surface area contributed by atoms with E-state index >= 15 is 0 Å². The van der Waals surface area contributed by atoms with Gasteiger partial charge >= 0.3 is 5.97 Å². The van der Waals surface area contributed by atoms with E-state index in [1.54, 1.807) is 19.1 Å². The summed E-state index contributed by atoms with van der Waals surface area (Å²) in [4.78, 5) is 24.7. The van der Waals surface area contributed by atoms with Gasteiger partial charge in [0.05, 0.1) is 12.0 Å². The van der Waals surface area contributed by atoms with E-state index in [9.17, 15) is 9.59 Å². The highest BCUT2D eigenvalue weighted by molar-refractivity contribution is 6.00. The predicted molar refractivity (Wildman–Crippen MR) is 78.7 cm³/mol. The van der Waals surface area contributed by atoms with Gasteiger partial charge in [0.25, 0.3) is 0 Å². The smallest absolute Gasteiger partial charge is 0.305 e. The van der Waals surface area contributed by atoms with Crippen LogP contribution < -0.4 is 10.6 Å². The van der Waals surface area contributed by atoms with Gasteiger partial charge in [0.2, 0.25) is 5.91 Å². The molecule has 0 aromatic heterocycles. The van der Waals surface area contributed by atoms with E-state index in [0.717, 1.165) is 5.56 Å². The molecule has 0 aliphatic carbocycles. The molecule has 0 heterocycles. The molecular weight excluding hydrogens is 256 g/mol. The van der Waals surface area contributed by atoms with Gasteiger partial charge < -0.3 is 15.7 Å². The van der Waals surface area contributed by atoms with Gasteiger partial charge in [0, 0.05) is 12.2 Å². The van der Waals surface area contributed by atoms with Crippen LogP contribution in [0.5, 0.6) is 0 Å². The topological polar surface area (TPSA) is 83.6 Å². The highest BCUT2D eigenvalue weighted by Gasteiger charge is 2.31. The average Bonchev–Trinajstić information content (AvgIpc) is 2.40. The van der Waals surface area contributed by atoms with Crippen LogP contribution in [-0.4, -0.2) is 29.1 Å². The number of nitrogens with zero attached hydrogens (tertiary/aromatic N) is 1. The van der Waals surface area contributed by atoms with Crippen LogP contribution in [0.3, 0.4) is 0 Å². The summed E-state index contributed by atoms with van der Waals surface area (Å²) in [5.74, 6) is -1.20. The van der Waals surface area contributed by atoms with Gasteiger partial charge in [-0.15, -0.1) is 0 Å². The van der Waals surface area contributed by atoms with Crippen LogP contribution >= 0.6 is 0 Å². The number of aryl methyl sites for hydroxylation is 1. The first-order valence-electron chi connectivity index (χ1n) is 6.67. The Kier molecular flexibility index (Phi) is 5.27. The van der Waals surface area contributed by atoms with Gasteiger partial charge in [-0.3, -0.25) is 9.59 Å². The minimum Gasteiger partial charge on any atom is -0.481 e. The number of carbonyl (C=O) groups excluding carboxylic acids is 1. The van der Waals surface area contributed by atoms with Gasteiger partial charge in [0.1, 0.15) is 0 Å². The number of hydrogen-bond acceptors (Lipinski definition) is 3. The fourth-order valence-corrected chi connectivity index (χ4v) is 1.74. The zero-order valence-corrected chi connectivity index (χ0v) is 12.2. The summed E-state index contributed by atoms with van der Waals surface area (Å²) in [5.41, 5.74) is 6.75. The number of rotatable bonds is 6. The van der Waals surface area contributed by atoms with Crippen molar-refractivity contribution in [3.63, 3.8) is 0 Å². The number of aliphatic carboxylic acids is 1. The zero-order valence-electron chi connectivity index (χ0n) is 12.2. The van der Waals surface area contributed by atoms with Crippen LogP contribution in [0.1, 0.15) is 32.3 Å². The lowest BCUT2D eigenvalue weighted by Crippen LogP contribution is -2.53. The summed E-state index contributed by atoms with van der Waals surface area (Å²) in [7, 11) is 0. The van der Waals surface area contributed by atoms with E-state index in [4.69, 9.17) is 10.8 Å². The lowest BCUT2D eigenvalue weighted by molar-refractivity contribution is -0.136. The molecule has 1 rings (SSSR count). The van der Waals surface area contributed by atoms with Crippen molar-refractivity contribution in [2.75, 3.05) is 11.4 Å². The minimum atomic E-state index is -0.997. The highest BCUT2D eigenvalue weighted by atomic mass is 16.4. The second-order valence-electron chi connectivity index (χ2n) is 5.21. The van der Waals surface area contributed by atoms with Crippen LogP contribution in [0.25, 0.3) is 0 Å². The van der Waals surface area contributed by atoms with Crippen LogP contribution in [0.15, 0.2) is 24.3 Å². The molecule has 1 aromatic rings. The summed E-state index contributed by atoms with van der Waals surface area (Å²) >= 11 is 0. The number of carboxylic acids is 1. The van der Waals surface area contributed by atoms with Crippen molar-refractivity contribution < 1.29 is 14.7 Å². The van der Waals surface area contributed by atoms with Gasteiger partial charge in [-0.05, 0) is 32.4 Å². The van der Waals surface area contributed by atoms with E-state index in [1.807, 2.05) is 26.0 Å². The van der Waals surface area contributed by atoms with E-state index < -0.39 is 11.5 Å². The molecule has 3 N–H and O–H groups in total. The summed E-state index contributed by atoms with van der Waals surface area (Å²) in [5, 5.41) is 8.83. The monoisotopic (exact) mass is 278 g/mol. The molecule has 0 saturated carbocycles. The van der Waals surface area contributed by atoms with Gasteiger partial charge in [-0.2, -0.15) is 0 Å². The highest BCUT2D eigenvalue weighted by Crippen LogP contribution is 2.20. The van der Waals surface area contributed by atoms with Crippen LogP contribution in [0.2, 0.25) is 0 Å². The summed E-state index contributed by atoms with van der Waals surface area (Å²) < 4.78 is 0. The Morgan fingerprint density at radius 2 is 1.85 bits per heavy atom. The molecule has 0 saturated heterocycles. The molecule has 1 atom stereocenters. The van der Waals surface area contributed by atoms with Crippen molar-refractivity contribution in [2.24, 2.45) is 5.73 Å². The van der Waals surface area contributed by atoms with Crippen molar-refractivity contribution in [1.82, 2.24) is 0 Å². The number of hydrogen-bond donors (Lipinski definition) is 2. The number of anilines is 1. The fraction of sp³-hybridized carbons (Fsp3) is 0.467. The van der Waals surface area contributed by atoms with Crippen molar-refractivity contribution in [1.29, 1.82) is 0 Å². The van der Waals surface area contributed by atoms with E-state index in [2.05, 4.69) is 0 Å². The van der Waals surface area contributed by atoms with Crippen molar-refractivity contribution in [2.45, 2.75) is 39.2 Å². The second-order valence-corrected chi connectivity index (χ2v) is 5.21. The SMILES string of the molecule is CCC(C)(N)C(=O)N(CCC(=O)O)c1ccc(C)cc1. The van der Waals surface area contributed by atoms with Gasteiger partial charge in [-0.1, -0.05) is 24.6 Å². The maximum atomic E-state index is 12.5. The van der Waals surface area contributed by atoms with Gasteiger partial charge in [0.15, 0.2) is 0 Å². The molecule has 110 valence electrons. The lowest BCUT2D eigenvalue weighted by atomic mass is 9.98. The normalized spacial score (nSPS) is 13.6. The molecule has 0 fully saturated rings. The third kappa shape index (κ3) is 4.06. The van der Waals surface area contributed by atoms with Crippen molar-refractivity contribution in [3.05, 3.63) is 29.8 Å². The first kappa shape index (κ1) is 16.2. The number of benzene rings is 1. The number of carbonyl (C=O) groups is 2. The standard InChI is InChI=1S/C15H22N2O3/c1-4-15(3,16)14(20)17(10-9-13(18)19)12-7-5-11(2)6-8-12/h5-8H,4,9-10,16H2,1-3H3,(H,18,19). The number of nitrogens with two attached hydrogens (primary N) is 1. The largest absolute Gasteiger partial charge is 0.481 e. The quantitative estimate of drug-likeness (QED) is 0.832. The van der Waals surface area contributed by atoms with E-state index in [-0.39, 0.29) is 18.9 Å². The van der Waals surface area contributed by atoms with Gasteiger partial charge in [-0.25, -0.2) is 0 Å². The molecule has 0 aliphatic rings. The fourth-order valence-electron chi connectivity index (χ4n) is 1.74. The van der Waals surface area contributed by atoms with Crippen molar-refractivity contribution >= 4 is 17.6 Å². The Labute approximate surface area is 119 Å². The molecule has 1 amide bonds. The molecule has 5 nitrogen and oxygen atoms in total. The Hall–Kier alpha value is -1.88.